The first kappa shape index (κ1) is 12.6. The molecule has 0 radical (unpaired) electrons. The fourth-order valence-corrected chi connectivity index (χ4v) is 2.02. The van der Waals surface area contributed by atoms with Crippen LogP contribution in [0.2, 0.25) is 0 Å². The smallest absolute Gasteiger partial charge is 0.128 e. The van der Waals surface area contributed by atoms with Crippen LogP contribution in [0.25, 0.3) is 0 Å². The molecule has 0 aliphatic heterocycles. The molecule has 0 saturated carbocycles. The van der Waals surface area contributed by atoms with E-state index in [1.807, 2.05) is 42.3 Å². The maximum Gasteiger partial charge on any atom is 0.128 e. The van der Waals surface area contributed by atoms with Gasteiger partial charge in [0.1, 0.15) is 5.82 Å². The molecule has 0 aromatic heterocycles. The summed E-state index contributed by atoms with van der Waals surface area (Å²) in [5.41, 5.74) is 8.51. The number of halogens is 1. The largest absolute Gasteiger partial charge is 0.370 e. The van der Waals surface area contributed by atoms with E-state index in [4.69, 9.17) is 5.73 Å². The predicted molar refractivity (Wildman–Crippen MR) is 72.8 cm³/mol. The van der Waals surface area contributed by atoms with Crippen molar-refractivity contribution < 1.29 is 4.39 Å². The van der Waals surface area contributed by atoms with E-state index in [-0.39, 0.29) is 5.82 Å². The Morgan fingerprint density at radius 3 is 2.28 bits per heavy atom. The molecule has 18 heavy (non-hydrogen) atoms. The van der Waals surface area contributed by atoms with Crippen LogP contribution in [0, 0.1) is 5.82 Å². The SMILES string of the molecule is CN(Cc1ccccc1F)c1ccccc1CN. The average molecular weight is 244 g/mol. The summed E-state index contributed by atoms with van der Waals surface area (Å²) in [7, 11) is 1.95. The Labute approximate surface area is 107 Å². The van der Waals surface area contributed by atoms with E-state index in [1.165, 1.54) is 6.07 Å². The summed E-state index contributed by atoms with van der Waals surface area (Å²) in [4.78, 5) is 2.01. The molecular weight excluding hydrogens is 227 g/mol. The molecule has 0 bridgehead atoms. The second-order valence-corrected chi connectivity index (χ2v) is 4.28. The van der Waals surface area contributed by atoms with Crippen LogP contribution in [0.15, 0.2) is 48.5 Å². The van der Waals surface area contributed by atoms with Crippen molar-refractivity contribution in [2.45, 2.75) is 13.1 Å². The van der Waals surface area contributed by atoms with E-state index in [1.54, 1.807) is 12.1 Å². The van der Waals surface area contributed by atoms with E-state index in [2.05, 4.69) is 0 Å². The van der Waals surface area contributed by atoms with Crippen molar-refractivity contribution in [2.24, 2.45) is 5.73 Å². The first-order valence-corrected chi connectivity index (χ1v) is 5.95. The normalized spacial score (nSPS) is 10.4. The van der Waals surface area contributed by atoms with Crippen LogP contribution in [-0.2, 0) is 13.1 Å². The second-order valence-electron chi connectivity index (χ2n) is 4.28. The monoisotopic (exact) mass is 244 g/mol. The highest BCUT2D eigenvalue weighted by molar-refractivity contribution is 5.53. The molecule has 0 fully saturated rings. The standard InChI is InChI=1S/C15H17FN2/c1-18(11-13-7-2-4-8-14(13)16)15-9-5-3-6-12(15)10-17/h2-9H,10-11,17H2,1H3. The highest BCUT2D eigenvalue weighted by Crippen LogP contribution is 2.21. The summed E-state index contributed by atoms with van der Waals surface area (Å²) in [6.45, 7) is 1.02. The van der Waals surface area contributed by atoms with Crippen LogP contribution in [0.4, 0.5) is 10.1 Å². The van der Waals surface area contributed by atoms with Crippen molar-refractivity contribution in [3.63, 3.8) is 0 Å². The van der Waals surface area contributed by atoms with Crippen LogP contribution in [0.1, 0.15) is 11.1 Å². The molecule has 2 nitrogen and oxygen atoms in total. The third kappa shape index (κ3) is 2.68. The Kier molecular flexibility index (Phi) is 3.95. The Balaban J connectivity index is 2.22. The van der Waals surface area contributed by atoms with Crippen molar-refractivity contribution in [2.75, 3.05) is 11.9 Å². The molecule has 0 unspecified atom stereocenters. The lowest BCUT2D eigenvalue weighted by molar-refractivity contribution is 0.608. The fourth-order valence-electron chi connectivity index (χ4n) is 2.02. The summed E-state index contributed by atoms with van der Waals surface area (Å²) >= 11 is 0. The van der Waals surface area contributed by atoms with Crippen molar-refractivity contribution in [1.82, 2.24) is 0 Å². The van der Waals surface area contributed by atoms with Crippen LogP contribution >= 0.6 is 0 Å². The first-order chi connectivity index (χ1) is 8.72. The van der Waals surface area contributed by atoms with Gasteiger partial charge in [0.05, 0.1) is 0 Å². The summed E-state index contributed by atoms with van der Waals surface area (Å²) in [6, 6.07) is 14.8. The van der Waals surface area contributed by atoms with Gasteiger partial charge in [-0.15, -0.1) is 0 Å². The number of nitrogens with zero attached hydrogens (tertiary/aromatic N) is 1. The number of anilines is 1. The lowest BCUT2D eigenvalue weighted by Gasteiger charge is -2.22. The minimum absolute atomic E-state index is 0.172. The number of nitrogens with two attached hydrogens (primary N) is 1. The molecule has 0 atom stereocenters. The van der Waals surface area contributed by atoms with Gasteiger partial charge < -0.3 is 10.6 Å². The fraction of sp³-hybridized carbons (Fsp3) is 0.200. The van der Waals surface area contributed by atoms with Gasteiger partial charge in [-0.1, -0.05) is 36.4 Å². The van der Waals surface area contributed by atoms with Crippen LogP contribution in [-0.4, -0.2) is 7.05 Å². The molecular formula is C15H17FN2. The number of benzene rings is 2. The van der Waals surface area contributed by atoms with E-state index in [0.717, 1.165) is 11.3 Å². The van der Waals surface area contributed by atoms with Crippen LogP contribution in [0.5, 0.6) is 0 Å². The summed E-state index contributed by atoms with van der Waals surface area (Å²) in [6.07, 6.45) is 0. The minimum atomic E-state index is -0.172. The van der Waals surface area contributed by atoms with Gasteiger partial charge >= 0.3 is 0 Å². The average Bonchev–Trinajstić information content (AvgIpc) is 2.41. The zero-order chi connectivity index (χ0) is 13.0. The first-order valence-electron chi connectivity index (χ1n) is 5.95. The van der Waals surface area contributed by atoms with Gasteiger partial charge in [-0.2, -0.15) is 0 Å². The molecule has 0 aliphatic rings. The van der Waals surface area contributed by atoms with Gasteiger partial charge in [-0.25, -0.2) is 4.39 Å². The lowest BCUT2D eigenvalue weighted by atomic mass is 10.1. The number of para-hydroxylation sites is 1. The highest BCUT2D eigenvalue weighted by Gasteiger charge is 2.08. The molecule has 2 N–H and O–H groups in total. The molecule has 2 aromatic carbocycles. The van der Waals surface area contributed by atoms with Gasteiger partial charge in [0.2, 0.25) is 0 Å². The Morgan fingerprint density at radius 1 is 1.00 bits per heavy atom. The van der Waals surface area contributed by atoms with Gasteiger partial charge in [0, 0.05) is 31.4 Å². The summed E-state index contributed by atoms with van der Waals surface area (Å²) in [5.74, 6) is -0.172. The third-order valence-electron chi connectivity index (χ3n) is 2.99. The molecule has 3 heteroatoms. The minimum Gasteiger partial charge on any atom is -0.370 e. The number of hydrogen-bond acceptors (Lipinski definition) is 2. The van der Waals surface area contributed by atoms with Crippen LogP contribution < -0.4 is 10.6 Å². The van der Waals surface area contributed by atoms with Gasteiger partial charge in [0.15, 0.2) is 0 Å². The van der Waals surface area contributed by atoms with Gasteiger partial charge in [-0.3, -0.25) is 0 Å². The molecule has 0 spiro atoms. The number of rotatable bonds is 4. The second kappa shape index (κ2) is 5.65. The van der Waals surface area contributed by atoms with Gasteiger partial charge in [0.25, 0.3) is 0 Å². The van der Waals surface area contributed by atoms with E-state index in [9.17, 15) is 4.39 Å². The molecule has 94 valence electrons. The van der Waals surface area contributed by atoms with Crippen molar-refractivity contribution in [3.05, 3.63) is 65.5 Å². The maximum atomic E-state index is 13.6. The highest BCUT2D eigenvalue weighted by atomic mass is 19.1. The molecule has 0 saturated heterocycles. The zero-order valence-electron chi connectivity index (χ0n) is 10.4. The van der Waals surface area contributed by atoms with E-state index >= 15 is 0 Å². The van der Waals surface area contributed by atoms with Crippen molar-refractivity contribution >= 4 is 5.69 Å². The summed E-state index contributed by atoms with van der Waals surface area (Å²) in [5, 5.41) is 0. The van der Waals surface area contributed by atoms with Crippen LogP contribution in [0.3, 0.4) is 0 Å². The molecule has 0 heterocycles. The van der Waals surface area contributed by atoms with Gasteiger partial charge in [-0.05, 0) is 17.7 Å². The van der Waals surface area contributed by atoms with E-state index < -0.39 is 0 Å². The Morgan fingerprint density at radius 2 is 1.61 bits per heavy atom. The van der Waals surface area contributed by atoms with Crippen molar-refractivity contribution in [1.29, 1.82) is 0 Å². The molecule has 2 aromatic rings. The lowest BCUT2D eigenvalue weighted by Crippen LogP contribution is -2.19. The molecule has 2 rings (SSSR count). The Bertz CT molecular complexity index is 525. The quantitative estimate of drug-likeness (QED) is 0.896. The zero-order valence-corrected chi connectivity index (χ0v) is 10.4. The summed E-state index contributed by atoms with van der Waals surface area (Å²) < 4.78 is 13.6. The topological polar surface area (TPSA) is 29.3 Å². The van der Waals surface area contributed by atoms with E-state index in [0.29, 0.717) is 18.7 Å². The third-order valence-corrected chi connectivity index (χ3v) is 2.99. The number of hydrogen-bond donors (Lipinski definition) is 1. The predicted octanol–water partition coefficient (Wildman–Crippen LogP) is 2.92. The molecule has 0 aliphatic carbocycles. The Hall–Kier alpha value is -1.87. The molecule has 0 amide bonds. The maximum absolute atomic E-state index is 13.6. The van der Waals surface area contributed by atoms with Crippen molar-refractivity contribution in [3.8, 4) is 0 Å².